The second kappa shape index (κ2) is 5.62. The van der Waals surface area contributed by atoms with Crippen molar-refractivity contribution in [3.8, 4) is 5.88 Å². The Hall–Kier alpha value is -2.89. The molecule has 0 unspecified atom stereocenters. The number of nitrogens with one attached hydrogen (secondary N) is 2. The second-order valence-corrected chi connectivity index (χ2v) is 4.52. The van der Waals surface area contributed by atoms with E-state index in [0.717, 1.165) is 16.6 Å². The lowest BCUT2D eigenvalue weighted by molar-refractivity contribution is 0.0951. The van der Waals surface area contributed by atoms with Crippen LogP contribution in [-0.2, 0) is 6.54 Å². The number of rotatable bonds is 4. The number of amides is 1. The Labute approximate surface area is 121 Å². The van der Waals surface area contributed by atoms with Gasteiger partial charge in [0, 0.05) is 24.4 Å². The topological polar surface area (TPSA) is 79.9 Å². The number of imidazole rings is 1. The van der Waals surface area contributed by atoms with E-state index < -0.39 is 0 Å². The van der Waals surface area contributed by atoms with Crippen molar-refractivity contribution in [3.63, 3.8) is 0 Å². The van der Waals surface area contributed by atoms with Crippen LogP contribution in [0.4, 0.5) is 0 Å². The lowest BCUT2D eigenvalue weighted by Gasteiger charge is -2.06. The fourth-order valence-electron chi connectivity index (χ4n) is 2.03. The summed E-state index contributed by atoms with van der Waals surface area (Å²) < 4.78 is 5.05. The fraction of sp³-hybridized carbons (Fsp3) is 0.133. The zero-order valence-corrected chi connectivity index (χ0v) is 11.5. The Bertz CT molecular complexity index is 782. The Morgan fingerprint density at radius 2 is 2.19 bits per heavy atom. The van der Waals surface area contributed by atoms with E-state index in [4.69, 9.17) is 4.74 Å². The number of benzene rings is 1. The number of methoxy groups -OCH3 is 1. The molecular formula is C15H14N4O2. The molecule has 0 aliphatic heterocycles. The number of fused-ring (bicyclic) bond motifs is 1. The van der Waals surface area contributed by atoms with Gasteiger partial charge in [-0.05, 0) is 29.8 Å². The van der Waals surface area contributed by atoms with Gasteiger partial charge in [-0.3, -0.25) is 4.79 Å². The molecule has 1 aromatic carbocycles. The van der Waals surface area contributed by atoms with Crippen molar-refractivity contribution >= 4 is 16.9 Å². The summed E-state index contributed by atoms with van der Waals surface area (Å²) in [6.45, 7) is 0.415. The quantitative estimate of drug-likeness (QED) is 0.766. The van der Waals surface area contributed by atoms with E-state index in [0.29, 0.717) is 18.0 Å². The number of pyridine rings is 1. The monoisotopic (exact) mass is 282 g/mol. The van der Waals surface area contributed by atoms with Crippen molar-refractivity contribution in [1.82, 2.24) is 20.3 Å². The predicted molar refractivity (Wildman–Crippen MR) is 78.1 cm³/mol. The molecule has 2 N–H and O–H groups in total. The van der Waals surface area contributed by atoms with Gasteiger partial charge in [0.2, 0.25) is 5.88 Å². The first-order valence-electron chi connectivity index (χ1n) is 6.46. The number of nitrogens with zero attached hydrogens (tertiary/aromatic N) is 2. The number of ether oxygens (including phenoxy) is 1. The first-order chi connectivity index (χ1) is 10.3. The number of carbonyl (C=O) groups excluding carboxylic acids is 1. The standard InChI is InChI=1S/C15H14N4O2/c1-21-14-6-10(4-5-16-14)8-17-15(20)11-2-3-12-13(7-11)19-9-18-12/h2-7,9H,8H2,1H3,(H,17,20)(H,18,19). The average Bonchev–Trinajstić information content (AvgIpc) is 3.00. The van der Waals surface area contributed by atoms with E-state index in [9.17, 15) is 4.79 Å². The number of carbonyl (C=O) groups is 1. The Morgan fingerprint density at radius 1 is 1.29 bits per heavy atom. The van der Waals surface area contributed by atoms with Crippen LogP contribution >= 0.6 is 0 Å². The van der Waals surface area contributed by atoms with E-state index in [1.165, 1.54) is 0 Å². The smallest absolute Gasteiger partial charge is 0.251 e. The maximum absolute atomic E-state index is 12.1. The molecule has 21 heavy (non-hydrogen) atoms. The van der Waals surface area contributed by atoms with Gasteiger partial charge < -0.3 is 15.0 Å². The average molecular weight is 282 g/mol. The van der Waals surface area contributed by atoms with E-state index in [2.05, 4.69) is 20.3 Å². The minimum absolute atomic E-state index is 0.137. The van der Waals surface area contributed by atoms with Crippen molar-refractivity contribution in [2.24, 2.45) is 0 Å². The van der Waals surface area contributed by atoms with Crippen molar-refractivity contribution < 1.29 is 9.53 Å². The molecule has 0 radical (unpaired) electrons. The van der Waals surface area contributed by atoms with Crippen LogP contribution in [0.1, 0.15) is 15.9 Å². The summed E-state index contributed by atoms with van der Waals surface area (Å²) in [5.41, 5.74) is 3.20. The van der Waals surface area contributed by atoms with Crippen molar-refractivity contribution in [2.75, 3.05) is 7.11 Å². The van der Waals surface area contributed by atoms with Crippen LogP contribution < -0.4 is 10.1 Å². The zero-order chi connectivity index (χ0) is 14.7. The highest BCUT2D eigenvalue weighted by molar-refractivity contribution is 5.97. The van der Waals surface area contributed by atoms with Gasteiger partial charge in [-0.2, -0.15) is 0 Å². The molecule has 0 bridgehead atoms. The summed E-state index contributed by atoms with van der Waals surface area (Å²) in [6.07, 6.45) is 3.26. The molecule has 0 saturated carbocycles. The highest BCUT2D eigenvalue weighted by atomic mass is 16.5. The normalized spacial score (nSPS) is 10.5. The molecule has 0 spiro atoms. The molecule has 0 fully saturated rings. The maximum Gasteiger partial charge on any atom is 0.251 e. The summed E-state index contributed by atoms with van der Waals surface area (Å²) >= 11 is 0. The third-order valence-electron chi connectivity index (χ3n) is 3.14. The van der Waals surface area contributed by atoms with Crippen molar-refractivity contribution in [3.05, 3.63) is 54.0 Å². The molecular weight excluding hydrogens is 268 g/mol. The van der Waals surface area contributed by atoms with Gasteiger partial charge in [-0.15, -0.1) is 0 Å². The zero-order valence-electron chi connectivity index (χ0n) is 11.5. The molecule has 2 aromatic heterocycles. The number of hydrogen-bond acceptors (Lipinski definition) is 4. The molecule has 3 aromatic rings. The second-order valence-electron chi connectivity index (χ2n) is 4.52. The van der Waals surface area contributed by atoms with Crippen LogP contribution in [0.15, 0.2) is 42.9 Å². The van der Waals surface area contributed by atoms with Gasteiger partial charge in [0.05, 0.1) is 24.5 Å². The van der Waals surface area contributed by atoms with E-state index in [-0.39, 0.29) is 5.91 Å². The van der Waals surface area contributed by atoms with Crippen LogP contribution in [0.2, 0.25) is 0 Å². The summed E-state index contributed by atoms with van der Waals surface area (Å²) in [5, 5.41) is 2.87. The Balaban J connectivity index is 1.70. The molecule has 0 aliphatic carbocycles. The molecule has 1 amide bonds. The van der Waals surface area contributed by atoms with Crippen LogP contribution in [0, 0.1) is 0 Å². The first kappa shape index (κ1) is 13.1. The summed E-state index contributed by atoms with van der Waals surface area (Å²) in [6, 6.07) is 8.98. The highest BCUT2D eigenvalue weighted by Crippen LogP contribution is 2.12. The number of hydrogen-bond donors (Lipinski definition) is 2. The molecule has 3 rings (SSSR count). The van der Waals surface area contributed by atoms with Gasteiger partial charge in [0.1, 0.15) is 0 Å². The molecule has 6 heteroatoms. The van der Waals surface area contributed by atoms with Crippen LogP contribution in [0.5, 0.6) is 5.88 Å². The molecule has 0 aliphatic rings. The summed E-state index contributed by atoms with van der Waals surface area (Å²) in [7, 11) is 1.56. The van der Waals surface area contributed by atoms with Gasteiger partial charge in [-0.25, -0.2) is 9.97 Å². The molecule has 2 heterocycles. The summed E-state index contributed by atoms with van der Waals surface area (Å²) in [5.74, 6) is 0.392. The van der Waals surface area contributed by atoms with E-state index in [1.807, 2.05) is 12.1 Å². The van der Waals surface area contributed by atoms with Gasteiger partial charge in [0.15, 0.2) is 0 Å². The highest BCUT2D eigenvalue weighted by Gasteiger charge is 2.07. The largest absolute Gasteiger partial charge is 0.481 e. The third-order valence-corrected chi connectivity index (χ3v) is 3.14. The Morgan fingerprint density at radius 3 is 3.05 bits per heavy atom. The van der Waals surface area contributed by atoms with Crippen LogP contribution in [-0.4, -0.2) is 28.0 Å². The molecule has 0 saturated heterocycles. The Kier molecular flexibility index (Phi) is 3.51. The number of aromatic nitrogens is 3. The van der Waals surface area contributed by atoms with E-state index >= 15 is 0 Å². The van der Waals surface area contributed by atoms with Crippen LogP contribution in [0.3, 0.4) is 0 Å². The van der Waals surface area contributed by atoms with E-state index in [1.54, 1.807) is 37.8 Å². The van der Waals surface area contributed by atoms with Crippen molar-refractivity contribution in [1.29, 1.82) is 0 Å². The fourth-order valence-corrected chi connectivity index (χ4v) is 2.03. The minimum Gasteiger partial charge on any atom is -0.481 e. The van der Waals surface area contributed by atoms with Gasteiger partial charge in [-0.1, -0.05) is 0 Å². The number of H-pyrrole nitrogens is 1. The first-order valence-corrected chi connectivity index (χ1v) is 6.46. The predicted octanol–water partition coefficient (Wildman–Crippen LogP) is 1.90. The third kappa shape index (κ3) is 2.84. The SMILES string of the molecule is COc1cc(CNC(=O)c2ccc3nc[nH]c3c2)ccn1. The van der Waals surface area contributed by atoms with Gasteiger partial charge in [0.25, 0.3) is 5.91 Å². The van der Waals surface area contributed by atoms with Crippen LogP contribution in [0.25, 0.3) is 11.0 Å². The number of aromatic amines is 1. The molecule has 6 nitrogen and oxygen atoms in total. The van der Waals surface area contributed by atoms with Crippen molar-refractivity contribution in [2.45, 2.75) is 6.54 Å². The summed E-state index contributed by atoms with van der Waals surface area (Å²) in [4.78, 5) is 23.3. The lowest BCUT2D eigenvalue weighted by atomic mass is 10.2. The maximum atomic E-state index is 12.1. The minimum atomic E-state index is -0.137. The molecule has 0 atom stereocenters. The molecule has 106 valence electrons. The lowest BCUT2D eigenvalue weighted by Crippen LogP contribution is -2.22. The van der Waals surface area contributed by atoms with Gasteiger partial charge >= 0.3 is 0 Å².